The minimum atomic E-state index is -1.22. The summed E-state index contributed by atoms with van der Waals surface area (Å²) in [6.45, 7) is 0.171. The fourth-order valence-electron chi connectivity index (χ4n) is 1.69. The summed E-state index contributed by atoms with van der Waals surface area (Å²) in [4.78, 5) is 4.45. The van der Waals surface area contributed by atoms with Gasteiger partial charge in [0.2, 0.25) is 0 Å². The van der Waals surface area contributed by atoms with Crippen LogP contribution in [0.5, 0.6) is 0 Å². The van der Waals surface area contributed by atoms with E-state index in [4.69, 9.17) is 10.3 Å². The van der Waals surface area contributed by atoms with Crippen molar-refractivity contribution in [2.45, 2.75) is 31.0 Å². The fraction of sp³-hybridized carbons (Fsp3) is 1.00. The maximum atomic E-state index is 9.63. The number of azide groups is 1. The van der Waals surface area contributed by atoms with E-state index in [1.165, 1.54) is 0 Å². The Labute approximate surface area is 87.9 Å². The smallest absolute Gasteiger partial charge is 0.182 e. The summed E-state index contributed by atoms with van der Waals surface area (Å²) >= 11 is 0. The molecule has 7 heteroatoms. The van der Waals surface area contributed by atoms with Gasteiger partial charge in [0.05, 0.1) is 12.6 Å². The first-order valence-corrected chi connectivity index (χ1v) is 4.75. The predicted octanol–water partition coefficient (Wildman–Crippen LogP) is -0.305. The average Bonchev–Trinajstić information content (AvgIpc) is 2.19. The second-order valence-corrected chi connectivity index (χ2v) is 3.82. The number of hydrogen-bond acceptors (Lipinski definition) is 5. The summed E-state index contributed by atoms with van der Waals surface area (Å²) in [7, 11) is 3.63. The van der Waals surface area contributed by atoms with E-state index in [1.54, 1.807) is 0 Å². The van der Waals surface area contributed by atoms with Crippen LogP contribution in [0.25, 0.3) is 10.4 Å². The molecule has 2 N–H and O–H groups in total. The number of rotatable bonds is 3. The van der Waals surface area contributed by atoms with Gasteiger partial charge in [-0.25, -0.2) is 0 Å². The minimum Gasteiger partial charge on any atom is -0.386 e. The summed E-state index contributed by atoms with van der Waals surface area (Å²) in [6.07, 6.45) is -1.95. The lowest BCUT2D eigenvalue weighted by Gasteiger charge is -2.39. The molecule has 1 aliphatic heterocycles. The van der Waals surface area contributed by atoms with E-state index in [-0.39, 0.29) is 18.7 Å². The number of ether oxygens (including phenoxy) is 1. The molecule has 0 aliphatic carbocycles. The Morgan fingerprint density at radius 1 is 1.53 bits per heavy atom. The van der Waals surface area contributed by atoms with E-state index < -0.39 is 12.4 Å². The second-order valence-electron chi connectivity index (χ2n) is 3.82. The Balaban J connectivity index is 2.61. The Morgan fingerprint density at radius 2 is 2.20 bits per heavy atom. The van der Waals surface area contributed by atoms with Gasteiger partial charge in [0.1, 0.15) is 6.10 Å². The van der Waals surface area contributed by atoms with Crippen LogP contribution in [0.1, 0.15) is 6.42 Å². The van der Waals surface area contributed by atoms with E-state index in [2.05, 4.69) is 10.0 Å². The first kappa shape index (κ1) is 12.2. The summed E-state index contributed by atoms with van der Waals surface area (Å²) in [6, 6.07) is -0.187. The molecule has 0 aromatic carbocycles. The van der Waals surface area contributed by atoms with E-state index in [9.17, 15) is 10.2 Å². The lowest BCUT2D eigenvalue weighted by Crippen LogP contribution is -2.54. The van der Waals surface area contributed by atoms with Gasteiger partial charge >= 0.3 is 0 Å². The molecule has 0 spiro atoms. The molecule has 1 fully saturated rings. The molecule has 1 aliphatic rings. The van der Waals surface area contributed by atoms with Crippen molar-refractivity contribution in [3.8, 4) is 0 Å². The molecule has 1 saturated heterocycles. The fourth-order valence-corrected chi connectivity index (χ4v) is 1.69. The Bertz CT molecular complexity index is 254. The van der Waals surface area contributed by atoms with Gasteiger partial charge in [0.25, 0.3) is 0 Å². The van der Waals surface area contributed by atoms with E-state index in [0.717, 1.165) is 0 Å². The van der Waals surface area contributed by atoms with Crippen LogP contribution in [0, 0.1) is 0 Å². The van der Waals surface area contributed by atoms with E-state index >= 15 is 0 Å². The summed E-state index contributed by atoms with van der Waals surface area (Å²) in [5, 5.41) is 22.5. The van der Waals surface area contributed by atoms with Crippen molar-refractivity contribution >= 4 is 0 Å². The first-order valence-electron chi connectivity index (χ1n) is 4.75. The van der Waals surface area contributed by atoms with E-state index in [1.807, 2.05) is 19.0 Å². The van der Waals surface area contributed by atoms with E-state index in [0.29, 0.717) is 6.42 Å². The highest BCUT2D eigenvalue weighted by atomic mass is 16.6. The van der Waals surface area contributed by atoms with Crippen LogP contribution in [0.15, 0.2) is 5.11 Å². The molecule has 0 aromatic rings. The predicted molar refractivity (Wildman–Crippen MR) is 53.0 cm³/mol. The third-order valence-corrected chi connectivity index (χ3v) is 2.53. The molecule has 0 radical (unpaired) electrons. The van der Waals surface area contributed by atoms with Gasteiger partial charge in [-0.3, -0.25) is 0 Å². The van der Waals surface area contributed by atoms with Crippen LogP contribution in [-0.4, -0.2) is 60.3 Å². The summed E-state index contributed by atoms with van der Waals surface area (Å²) in [5.41, 5.74) is 8.17. The molecule has 0 amide bonds. The molecule has 3 unspecified atom stereocenters. The van der Waals surface area contributed by atoms with Gasteiger partial charge in [0, 0.05) is 11.0 Å². The van der Waals surface area contributed by atoms with Crippen molar-refractivity contribution < 1.29 is 14.9 Å². The molecule has 7 nitrogen and oxygen atoms in total. The van der Waals surface area contributed by atoms with Crippen LogP contribution >= 0.6 is 0 Å². The van der Waals surface area contributed by atoms with Crippen LogP contribution in [0.3, 0.4) is 0 Å². The highest BCUT2D eigenvalue weighted by Crippen LogP contribution is 2.22. The SMILES string of the molecule is CN(C)C1CC(CN=[N+]=[N-])O[C@@H](O)C1O. The zero-order valence-electron chi connectivity index (χ0n) is 8.82. The lowest BCUT2D eigenvalue weighted by atomic mass is 9.98. The summed E-state index contributed by atoms with van der Waals surface area (Å²) < 4.78 is 5.10. The zero-order chi connectivity index (χ0) is 11.4. The number of aliphatic hydroxyl groups excluding tert-OH is 2. The number of likely N-dealkylation sites (N-methyl/N-ethyl adjacent to an activating group) is 1. The third kappa shape index (κ3) is 3.05. The first-order chi connectivity index (χ1) is 7.06. The van der Waals surface area contributed by atoms with Crippen LogP contribution in [0.4, 0.5) is 0 Å². The van der Waals surface area contributed by atoms with Gasteiger partial charge in [-0.1, -0.05) is 5.11 Å². The quantitative estimate of drug-likeness (QED) is 0.384. The second kappa shape index (κ2) is 5.29. The van der Waals surface area contributed by atoms with Crippen molar-refractivity contribution in [1.29, 1.82) is 0 Å². The molecule has 1 heterocycles. The van der Waals surface area contributed by atoms with Crippen molar-refractivity contribution in [2.75, 3.05) is 20.6 Å². The molecule has 1 rings (SSSR count). The molecule has 0 aromatic heterocycles. The van der Waals surface area contributed by atoms with Crippen molar-refractivity contribution in [2.24, 2.45) is 5.11 Å². The van der Waals surface area contributed by atoms with Crippen molar-refractivity contribution in [3.63, 3.8) is 0 Å². The monoisotopic (exact) mass is 216 g/mol. The molecule has 15 heavy (non-hydrogen) atoms. The van der Waals surface area contributed by atoms with Gasteiger partial charge in [-0.2, -0.15) is 0 Å². The van der Waals surface area contributed by atoms with Crippen LogP contribution < -0.4 is 0 Å². The topological polar surface area (TPSA) is 102 Å². The molecule has 0 bridgehead atoms. The maximum absolute atomic E-state index is 9.63. The van der Waals surface area contributed by atoms with Gasteiger partial charge in [0.15, 0.2) is 6.29 Å². The molecule has 86 valence electrons. The molecular formula is C8H16N4O3. The highest BCUT2D eigenvalue weighted by molar-refractivity contribution is 4.86. The Hall–Kier alpha value is -0.850. The van der Waals surface area contributed by atoms with Crippen LogP contribution in [-0.2, 0) is 4.74 Å². The Morgan fingerprint density at radius 3 is 2.73 bits per heavy atom. The third-order valence-electron chi connectivity index (χ3n) is 2.53. The normalized spacial score (nSPS) is 36.3. The van der Waals surface area contributed by atoms with Gasteiger partial charge in [-0.05, 0) is 26.0 Å². The minimum absolute atomic E-state index is 0.171. The molecule has 0 saturated carbocycles. The maximum Gasteiger partial charge on any atom is 0.182 e. The van der Waals surface area contributed by atoms with Gasteiger partial charge < -0.3 is 19.8 Å². The zero-order valence-corrected chi connectivity index (χ0v) is 8.82. The largest absolute Gasteiger partial charge is 0.386 e. The highest BCUT2D eigenvalue weighted by Gasteiger charge is 2.37. The number of hydrogen-bond donors (Lipinski definition) is 2. The van der Waals surface area contributed by atoms with Crippen LogP contribution in [0.2, 0.25) is 0 Å². The van der Waals surface area contributed by atoms with Crippen molar-refractivity contribution in [1.82, 2.24) is 4.90 Å². The van der Waals surface area contributed by atoms with Gasteiger partial charge in [-0.15, -0.1) is 0 Å². The number of nitrogens with zero attached hydrogens (tertiary/aromatic N) is 4. The standard InChI is InChI=1S/C8H16N4O3/c1-12(2)6-3-5(4-10-11-9)15-8(14)7(6)13/h5-8,13-14H,3-4H2,1-2H3/t5?,6?,7?,8-/m1/s1. The molecule has 4 atom stereocenters. The number of aliphatic hydroxyl groups is 2. The summed E-state index contributed by atoms with van der Waals surface area (Å²) in [5.74, 6) is 0. The molecular weight excluding hydrogens is 200 g/mol. The average molecular weight is 216 g/mol. The lowest BCUT2D eigenvalue weighted by molar-refractivity contribution is -0.231. The van der Waals surface area contributed by atoms with Crippen molar-refractivity contribution in [3.05, 3.63) is 10.4 Å². The Kier molecular flexibility index (Phi) is 4.31.